The second kappa shape index (κ2) is 10.8. The van der Waals surface area contributed by atoms with Gasteiger partial charge < -0.3 is 9.64 Å². The highest BCUT2D eigenvalue weighted by Gasteiger charge is 2.44. The molecule has 6 heteroatoms. The fourth-order valence-electron chi connectivity index (χ4n) is 4.08. The Kier molecular flexibility index (Phi) is 7.38. The minimum atomic E-state index is -0.847. The molecule has 4 rings (SSSR count). The molecule has 3 amide bonds. The van der Waals surface area contributed by atoms with Crippen LogP contribution in [-0.4, -0.2) is 41.8 Å². The van der Waals surface area contributed by atoms with E-state index in [2.05, 4.69) is 0 Å². The Morgan fingerprint density at radius 1 is 0.941 bits per heavy atom. The van der Waals surface area contributed by atoms with Gasteiger partial charge in [-0.25, -0.2) is 4.90 Å². The molecule has 0 spiro atoms. The van der Waals surface area contributed by atoms with Crippen LogP contribution in [-0.2, 0) is 16.0 Å². The molecule has 3 aromatic rings. The number of nitrogens with zero attached hydrogens (tertiary/aromatic N) is 2. The molecule has 1 atom stereocenters. The first kappa shape index (κ1) is 23.2. The number of rotatable bonds is 9. The third-order valence-electron chi connectivity index (χ3n) is 5.83. The first-order chi connectivity index (χ1) is 16.6. The molecule has 1 aliphatic heterocycles. The summed E-state index contributed by atoms with van der Waals surface area (Å²) in [5, 5.41) is 0. The first-order valence-corrected chi connectivity index (χ1v) is 11.6. The second-order valence-corrected chi connectivity index (χ2v) is 8.23. The van der Waals surface area contributed by atoms with E-state index in [0.717, 1.165) is 12.0 Å². The Morgan fingerprint density at radius 3 is 2.24 bits per heavy atom. The maximum absolute atomic E-state index is 13.4. The van der Waals surface area contributed by atoms with Gasteiger partial charge in [0.2, 0.25) is 5.91 Å². The van der Waals surface area contributed by atoms with Gasteiger partial charge >= 0.3 is 0 Å². The summed E-state index contributed by atoms with van der Waals surface area (Å²) in [4.78, 5) is 42.5. The lowest BCUT2D eigenvalue weighted by molar-refractivity contribution is -0.122. The van der Waals surface area contributed by atoms with Crippen LogP contribution >= 0.6 is 0 Å². The normalized spacial score (nSPS) is 15.4. The van der Waals surface area contributed by atoms with Crippen molar-refractivity contribution in [3.8, 4) is 5.75 Å². The average molecular weight is 457 g/mol. The number of carbonyl (C=O) groups excluding carboxylic acids is 3. The van der Waals surface area contributed by atoms with Gasteiger partial charge in [-0.3, -0.25) is 14.4 Å². The second-order valence-electron chi connectivity index (χ2n) is 8.23. The smallest absolute Gasteiger partial charge is 0.257 e. The maximum Gasteiger partial charge on any atom is 0.257 e. The Bertz CT molecular complexity index is 1130. The molecule has 0 aliphatic carbocycles. The summed E-state index contributed by atoms with van der Waals surface area (Å²) in [5.41, 5.74) is 2.04. The van der Waals surface area contributed by atoms with Gasteiger partial charge in [-0.1, -0.05) is 55.5 Å². The topological polar surface area (TPSA) is 66.9 Å². The lowest BCUT2D eigenvalue weighted by atomic mass is 10.1. The predicted molar refractivity (Wildman–Crippen MR) is 131 cm³/mol. The Labute approximate surface area is 199 Å². The number of hydrogen-bond donors (Lipinski definition) is 0. The van der Waals surface area contributed by atoms with Crippen molar-refractivity contribution in [2.24, 2.45) is 0 Å². The summed E-state index contributed by atoms with van der Waals surface area (Å²) in [7, 11) is 0. The lowest BCUT2D eigenvalue weighted by Crippen LogP contribution is -2.46. The molecule has 1 fully saturated rings. The minimum Gasteiger partial charge on any atom is -0.494 e. The highest BCUT2D eigenvalue weighted by atomic mass is 16.5. The Morgan fingerprint density at radius 2 is 1.59 bits per heavy atom. The number of anilines is 1. The van der Waals surface area contributed by atoms with Crippen LogP contribution in [0.3, 0.4) is 0 Å². The maximum atomic E-state index is 13.4. The number of carbonyl (C=O) groups is 3. The largest absolute Gasteiger partial charge is 0.494 e. The van der Waals surface area contributed by atoms with Crippen LogP contribution in [0, 0.1) is 0 Å². The molecule has 6 nitrogen and oxygen atoms in total. The van der Waals surface area contributed by atoms with Crippen LogP contribution in [0.4, 0.5) is 5.69 Å². The molecule has 3 aromatic carbocycles. The van der Waals surface area contributed by atoms with E-state index in [9.17, 15) is 14.4 Å². The van der Waals surface area contributed by atoms with Gasteiger partial charge in [0.1, 0.15) is 11.8 Å². The van der Waals surface area contributed by atoms with Crippen LogP contribution in [0.25, 0.3) is 0 Å². The zero-order chi connectivity index (χ0) is 23.9. The summed E-state index contributed by atoms with van der Waals surface area (Å²) in [5.74, 6) is -0.273. The third-order valence-corrected chi connectivity index (χ3v) is 5.83. The van der Waals surface area contributed by atoms with Crippen molar-refractivity contribution in [1.29, 1.82) is 0 Å². The van der Waals surface area contributed by atoms with Crippen molar-refractivity contribution < 1.29 is 19.1 Å². The van der Waals surface area contributed by atoms with E-state index < -0.39 is 6.04 Å². The van der Waals surface area contributed by atoms with Gasteiger partial charge in [-0.2, -0.15) is 0 Å². The number of imide groups is 1. The van der Waals surface area contributed by atoms with E-state index >= 15 is 0 Å². The molecular weight excluding hydrogens is 428 g/mol. The lowest BCUT2D eigenvalue weighted by Gasteiger charge is -2.28. The van der Waals surface area contributed by atoms with Crippen molar-refractivity contribution in [2.45, 2.75) is 32.2 Å². The zero-order valence-electron chi connectivity index (χ0n) is 19.2. The summed E-state index contributed by atoms with van der Waals surface area (Å²) >= 11 is 0. The fraction of sp³-hybridized carbons (Fsp3) is 0.250. The molecular formula is C28H28N2O4. The number of hydrogen-bond acceptors (Lipinski definition) is 4. The van der Waals surface area contributed by atoms with Crippen LogP contribution in [0.5, 0.6) is 5.75 Å². The van der Waals surface area contributed by atoms with Crippen molar-refractivity contribution in [1.82, 2.24) is 4.90 Å². The molecule has 0 N–H and O–H groups in total. The quantitative estimate of drug-likeness (QED) is 0.445. The van der Waals surface area contributed by atoms with Gasteiger partial charge in [0.25, 0.3) is 11.8 Å². The highest BCUT2D eigenvalue weighted by molar-refractivity contribution is 6.23. The van der Waals surface area contributed by atoms with E-state index in [4.69, 9.17) is 4.74 Å². The van der Waals surface area contributed by atoms with Gasteiger partial charge in [0.05, 0.1) is 18.7 Å². The molecule has 0 aromatic heterocycles. The number of benzene rings is 3. The third kappa shape index (κ3) is 5.17. The molecule has 1 aliphatic rings. The molecule has 1 saturated heterocycles. The van der Waals surface area contributed by atoms with Crippen LogP contribution < -0.4 is 9.64 Å². The van der Waals surface area contributed by atoms with Crippen LogP contribution in [0.15, 0.2) is 84.9 Å². The molecule has 34 heavy (non-hydrogen) atoms. The van der Waals surface area contributed by atoms with Crippen LogP contribution in [0.1, 0.15) is 35.7 Å². The van der Waals surface area contributed by atoms with Gasteiger partial charge in [0.15, 0.2) is 0 Å². The van der Waals surface area contributed by atoms with Crippen molar-refractivity contribution in [2.75, 3.05) is 18.1 Å². The highest BCUT2D eigenvalue weighted by Crippen LogP contribution is 2.28. The van der Waals surface area contributed by atoms with Gasteiger partial charge in [0, 0.05) is 12.1 Å². The monoisotopic (exact) mass is 456 g/mol. The molecule has 0 bridgehead atoms. The van der Waals surface area contributed by atoms with E-state index in [1.807, 2.05) is 43.3 Å². The minimum absolute atomic E-state index is 0.0414. The summed E-state index contributed by atoms with van der Waals surface area (Å²) < 4.78 is 5.60. The SMILES string of the molecule is CCCOc1ccc(N2C(=O)C[C@@H](N(CCc3ccccc3)C(=O)c3ccccc3)C2=O)cc1. The molecule has 0 unspecified atom stereocenters. The first-order valence-electron chi connectivity index (χ1n) is 11.6. The molecule has 0 radical (unpaired) electrons. The van der Waals surface area contributed by atoms with Crippen molar-refractivity contribution in [3.63, 3.8) is 0 Å². The van der Waals surface area contributed by atoms with E-state index in [0.29, 0.717) is 36.6 Å². The van der Waals surface area contributed by atoms with Crippen molar-refractivity contribution in [3.05, 3.63) is 96.1 Å². The van der Waals surface area contributed by atoms with E-state index in [1.165, 1.54) is 4.90 Å². The van der Waals surface area contributed by atoms with Crippen LogP contribution in [0.2, 0.25) is 0 Å². The zero-order valence-corrected chi connectivity index (χ0v) is 19.2. The molecule has 1 heterocycles. The molecule has 174 valence electrons. The molecule has 0 saturated carbocycles. The van der Waals surface area contributed by atoms with Gasteiger partial charge in [-0.15, -0.1) is 0 Å². The summed E-state index contributed by atoms with van der Waals surface area (Å²) in [6.45, 7) is 2.95. The predicted octanol–water partition coefficient (Wildman–Crippen LogP) is 4.49. The standard InChI is InChI=1S/C28H28N2O4/c1-2-19-34-24-15-13-23(14-16-24)30-26(31)20-25(28(30)33)29(18-17-21-9-5-3-6-10-21)27(32)22-11-7-4-8-12-22/h3-16,25H,2,17-20H2,1H3/t25-/m1/s1. The number of ether oxygens (including phenoxy) is 1. The average Bonchev–Trinajstić information content (AvgIpc) is 3.17. The fourth-order valence-corrected chi connectivity index (χ4v) is 4.08. The Hall–Kier alpha value is -3.93. The van der Waals surface area contributed by atoms with E-state index in [-0.39, 0.29) is 24.1 Å². The Balaban J connectivity index is 1.57. The summed E-state index contributed by atoms with van der Waals surface area (Å²) in [6, 6.07) is 24.7. The number of amides is 3. The van der Waals surface area contributed by atoms with Crippen molar-refractivity contribution >= 4 is 23.4 Å². The van der Waals surface area contributed by atoms with E-state index in [1.54, 1.807) is 53.4 Å². The van der Waals surface area contributed by atoms with Gasteiger partial charge in [-0.05, 0) is 54.8 Å². The summed E-state index contributed by atoms with van der Waals surface area (Å²) in [6.07, 6.45) is 1.43.